The number of piperidine rings is 1. The Morgan fingerprint density at radius 1 is 1.00 bits per heavy atom. The Morgan fingerprint density at radius 3 is 2.00 bits per heavy atom. The van der Waals surface area contributed by atoms with E-state index in [9.17, 15) is 24.0 Å². The summed E-state index contributed by atoms with van der Waals surface area (Å²) in [5, 5.41) is 8.13. The minimum absolute atomic E-state index is 0.0821. The number of nitrogens with zero attached hydrogens (tertiary/aromatic N) is 1. The molecule has 186 valence electrons. The second-order valence-corrected chi connectivity index (χ2v) is 12.0. The Labute approximate surface area is 195 Å². The molecule has 1 aliphatic heterocycles. The summed E-state index contributed by atoms with van der Waals surface area (Å²) in [6.45, 7) is 16.9. The fourth-order valence-corrected chi connectivity index (χ4v) is 4.71. The van der Waals surface area contributed by atoms with Gasteiger partial charge < -0.3 is 26.6 Å². The summed E-state index contributed by atoms with van der Waals surface area (Å²) in [6, 6.07) is -3.25. The maximum Gasteiger partial charge on any atom is 0.315 e. The number of nitrogens with one attached hydrogen (secondary N) is 3. The van der Waals surface area contributed by atoms with E-state index in [1.165, 1.54) is 11.8 Å². The van der Waals surface area contributed by atoms with Crippen molar-refractivity contribution in [1.82, 2.24) is 20.9 Å². The standard InChI is InChI=1S/C23H39N5O5/c1-11(15(29)17(24)30)25-18(31)14-13-12(23(13,8)9)10-28(14)19(32)16(21(2,3)4)26-20(33)27-22(5,6)7/h11-14,16H,10H2,1-9H3,(H2,24,30)(H,25,31)(H2,26,27,33)/t11?,12-,13-,14-,16+/m0/s1. The molecule has 2 rings (SSSR count). The van der Waals surface area contributed by atoms with E-state index in [0.717, 1.165) is 0 Å². The molecule has 0 aromatic carbocycles. The molecule has 0 aromatic heterocycles. The van der Waals surface area contributed by atoms with E-state index in [0.29, 0.717) is 6.54 Å². The molecule has 1 aliphatic carbocycles. The van der Waals surface area contributed by atoms with Gasteiger partial charge in [-0.05, 0) is 50.4 Å². The second kappa shape index (κ2) is 8.61. The Balaban J connectivity index is 2.28. The van der Waals surface area contributed by atoms with Crippen molar-refractivity contribution in [2.75, 3.05) is 6.54 Å². The van der Waals surface area contributed by atoms with Gasteiger partial charge in [0.25, 0.3) is 5.91 Å². The van der Waals surface area contributed by atoms with Gasteiger partial charge in [-0.25, -0.2) is 4.79 Å². The maximum atomic E-state index is 13.7. The van der Waals surface area contributed by atoms with Crippen molar-refractivity contribution in [2.24, 2.45) is 28.4 Å². The van der Waals surface area contributed by atoms with Crippen molar-refractivity contribution in [3.63, 3.8) is 0 Å². The first kappa shape index (κ1) is 26.6. The van der Waals surface area contributed by atoms with E-state index in [1.807, 2.05) is 55.4 Å². The van der Waals surface area contributed by atoms with Crippen LogP contribution in [-0.2, 0) is 19.2 Å². The molecule has 10 nitrogen and oxygen atoms in total. The highest BCUT2D eigenvalue weighted by molar-refractivity contribution is 6.37. The van der Waals surface area contributed by atoms with E-state index in [4.69, 9.17) is 5.73 Å². The molecule has 0 aromatic rings. The second-order valence-electron chi connectivity index (χ2n) is 12.0. The van der Waals surface area contributed by atoms with Crippen LogP contribution >= 0.6 is 0 Å². The van der Waals surface area contributed by atoms with Gasteiger partial charge in [0.05, 0.1) is 6.04 Å². The lowest BCUT2D eigenvalue weighted by molar-refractivity contribution is -0.144. The summed E-state index contributed by atoms with van der Waals surface area (Å²) in [6.07, 6.45) is 0. The molecule has 5 amide bonds. The number of carbonyl (C=O) groups excluding carboxylic acids is 5. The van der Waals surface area contributed by atoms with Gasteiger partial charge in [-0.15, -0.1) is 0 Å². The first-order chi connectivity index (χ1) is 14.8. The van der Waals surface area contributed by atoms with E-state index in [-0.39, 0.29) is 23.2 Å². The molecule has 2 fully saturated rings. The molecule has 5 atom stereocenters. The highest BCUT2D eigenvalue weighted by atomic mass is 16.2. The van der Waals surface area contributed by atoms with E-state index >= 15 is 0 Å². The zero-order valence-electron chi connectivity index (χ0n) is 21.2. The van der Waals surface area contributed by atoms with Gasteiger partial charge >= 0.3 is 6.03 Å². The van der Waals surface area contributed by atoms with Crippen molar-refractivity contribution in [2.45, 2.75) is 86.0 Å². The van der Waals surface area contributed by atoms with Gasteiger partial charge in [-0.2, -0.15) is 0 Å². The third-order valence-corrected chi connectivity index (χ3v) is 6.63. The van der Waals surface area contributed by atoms with Gasteiger partial charge in [0.15, 0.2) is 0 Å². The highest BCUT2D eigenvalue weighted by Crippen LogP contribution is 2.65. The molecular formula is C23H39N5O5. The molecule has 1 heterocycles. The van der Waals surface area contributed by atoms with Crippen molar-refractivity contribution < 1.29 is 24.0 Å². The van der Waals surface area contributed by atoms with E-state index in [2.05, 4.69) is 16.0 Å². The zero-order valence-corrected chi connectivity index (χ0v) is 21.2. The number of urea groups is 1. The lowest BCUT2D eigenvalue weighted by atomic mass is 9.85. The number of carbonyl (C=O) groups is 5. The smallest absolute Gasteiger partial charge is 0.315 e. The molecule has 0 bridgehead atoms. The molecule has 1 saturated heterocycles. The minimum atomic E-state index is -1.13. The maximum absolute atomic E-state index is 13.7. The van der Waals surface area contributed by atoms with Crippen LogP contribution in [0, 0.1) is 22.7 Å². The van der Waals surface area contributed by atoms with Crippen LogP contribution in [0.3, 0.4) is 0 Å². The fourth-order valence-electron chi connectivity index (χ4n) is 4.71. The number of ketones is 1. The number of Topliss-reactive ketones (excluding diaryl/α,β-unsaturated/α-hetero) is 1. The van der Waals surface area contributed by atoms with E-state index < -0.39 is 52.7 Å². The number of likely N-dealkylation sites (tertiary alicyclic amines) is 1. The molecule has 1 unspecified atom stereocenters. The fraction of sp³-hybridized carbons (Fsp3) is 0.783. The molecule has 0 spiro atoms. The first-order valence-electron chi connectivity index (χ1n) is 11.3. The summed E-state index contributed by atoms with van der Waals surface area (Å²) in [5.41, 5.74) is 3.81. The normalized spacial score (nSPS) is 25.4. The number of primary amides is 1. The van der Waals surface area contributed by atoms with Crippen molar-refractivity contribution in [3.05, 3.63) is 0 Å². The third kappa shape index (κ3) is 5.65. The van der Waals surface area contributed by atoms with Crippen molar-refractivity contribution in [3.8, 4) is 0 Å². The van der Waals surface area contributed by atoms with Crippen LogP contribution in [0.4, 0.5) is 4.79 Å². The molecule has 0 radical (unpaired) electrons. The van der Waals surface area contributed by atoms with Crippen LogP contribution in [-0.4, -0.2) is 64.6 Å². The summed E-state index contributed by atoms with van der Waals surface area (Å²) >= 11 is 0. The Kier molecular flexibility index (Phi) is 6.94. The largest absolute Gasteiger partial charge is 0.363 e. The van der Waals surface area contributed by atoms with Gasteiger partial charge in [-0.1, -0.05) is 34.6 Å². The predicted molar refractivity (Wildman–Crippen MR) is 123 cm³/mol. The summed E-state index contributed by atoms with van der Waals surface area (Å²) in [4.78, 5) is 64.0. The molecule has 33 heavy (non-hydrogen) atoms. The first-order valence-corrected chi connectivity index (χ1v) is 11.3. The number of hydrogen-bond donors (Lipinski definition) is 4. The summed E-state index contributed by atoms with van der Waals surface area (Å²) in [7, 11) is 0. The number of amides is 5. The number of fused-ring (bicyclic) bond motifs is 1. The Bertz CT molecular complexity index is 854. The minimum Gasteiger partial charge on any atom is -0.363 e. The highest BCUT2D eigenvalue weighted by Gasteiger charge is 2.69. The van der Waals surface area contributed by atoms with Gasteiger partial charge in [-0.3, -0.25) is 19.2 Å². The topological polar surface area (TPSA) is 151 Å². The van der Waals surface area contributed by atoms with Gasteiger partial charge in [0.1, 0.15) is 12.1 Å². The van der Waals surface area contributed by atoms with Crippen LogP contribution in [0.15, 0.2) is 0 Å². The monoisotopic (exact) mass is 465 g/mol. The van der Waals surface area contributed by atoms with Crippen LogP contribution in [0.5, 0.6) is 0 Å². The average molecular weight is 466 g/mol. The summed E-state index contributed by atoms with van der Waals surface area (Å²) < 4.78 is 0. The molecule has 2 aliphatic rings. The number of rotatable bonds is 6. The van der Waals surface area contributed by atoms with Crippen LogP contribution in [0.1, 0.15) is 62.3 Å². The Morgan fingerprint density at radius 2 is 1.55 bits per heavy atom. The third-order valence-electron chi connectivity index (χ3n) is 6.63. The molecule has 10 heteroatoms. The number of nitrogens with two attached hydrogens (primary N) is 1. The summed E-state index contributed by atoms with van der Waals surface area (Å²) in [5.74, 6) is -2.85. The average Bonchev–Trinajstić information content (AvgIpc) is 2.99. The SMILES string of the molecule is CC(NC(=O)[C@@H]1[C@@H]2[C@H](CN1C(=O)[C@@H](NC(=O)NC(C)(C)C)C(C)(C)C)C2(C)C)C(=O)C(N)=O. The molecule has 1 saturated carbocycles. The predicted octanol–water partition coefficient (Wildman–Crippen LogP) is 0.541. The van der Waals surface area contributed by atoms with Crippen molar-refractivity contribution >= 4 is 29.5 Å². The number of hydrogen-bond acceptors (Lipinski definition) is 5. The Hall–Kier alpha value is -2.65. The van der Waals surface area contributed by atoms with E-state index in [1.54, 1.807) is 0 Å². The zero-order chi connectivity index (χ0) is 25.7. The van der Waals surface area contributed by atoms with Gasteiger partial charge in [0, 0.05) is 12.1 Å². The lowest BCUT2D eigenvalue weighted by Gasteiger charge is -2.38. The quantitative estimate of drug-likeness (QED) is 0.422. The molecule has 5 N–H and O–H groups in total. The van der Waals surface area contributed by atoms with Gasteiger partial charge in [0.2, 0.25) is 17.6 Å². The van der Waals surface area contributed by atoms with Crippen LogP contribution in [0.2, 0.25) is 0 Å². The molecular weight excluding hydrogens is 426 g/mol. The van der Waals surface area contributed by atoms with Crippen molar-refractivity contribution in [1.29, 1.82) is 0 Å². The lowest BCUT2D eigenvalue weighted by Crippen LogP contribution is -2.62. The van der Waals surface area contributed by atoms with Crippen LogP contribution < -0.4 is 21.7 Å². The van der Waals surface area contributed by atoms with Crippen LogP contribution in [0.25, 0.3) is 0 Å².